The van der Waals surface area contributed by atoms with E-state index in [0.717, 1.165) is 26.2 Å². The first kappa shape index (κ1) is 13.5. The molecular weight excluding hydrogens is 299 g/mol. The van der Waals surface area contributed by atoms with Gasteiger partial charge in [0.15, 0.2) is 0 Å². The number of carbonyl (C=O) groups excluding carboxylic acids is 1. The Labute approximate surface area is 114 Å². The highest BCUT2D eigenvalue weighted by Crippen LogP contribution is 2.16. The molecule has 3 nitrogen and oxygen atoms in total. The molecule has 0 aliphatic carbocycles. The number of piperazine rings is 1. The van der Waals surface area contributed by atoms with Gasteiger partial charge in [0.1, 0.15) is 5.82 Å². The zero-order valence-electron chi connectivity index (χ0n) is 10.0. The average molecular weight is 315 g/mol. The summed E-state index contributed by atoms with van der Waals surface area (Å²) >= 11 is 3.37. The Bertz CT molecular complexity index is 421. The predicted molar refractivity (Wildman–Crippen MR) is 72.3 cm³/mol. The predicted octanol–water partition coefficient (Wildman–Crippen LogP) is 1.56. The van der Waals surface area contributed by atoms with E-state index in [1.165, 1.54) is 6.07 Å². The van der Waals surface area contributed by atoms with E-state index in [4.69, 9.17) is 0 Å². The van der Waals surface area contributed by atoms with Crippen molar-refractivity contribution in [1.82, 2.24) is 10.2 Å². The summed E-state index contributed by atoms with van der Waals surface area (Å²) in [6.07, 6.45) is 0.384. The van der Waals surface area contributed by atoms with Crippen LogP contribution >= 0.6 is 15.9 Å². The molecule has 0 aromatic heterocycles. The molecule has 1 N–H and O–H groups in total. The monoisotopic (exact) mass is 314 g/mol. The van der Waals surface area contributed by atoms with E-state index in [0.29, 0.717) is 12.0 Å². The molecule has 18 heavy (non-hydrogen) atoms. The third-order valence-electron chi connectivity index (χ3n) is 3.05. The SMILES string of the molecule is O=C(C(Br)Cc1ccccc1F)N1CCNCC1. The second-order valence-electron chi connectivity index (χ2n) is 4.34. The minimum Gasteiger partial charge on any atom is -0.339 e. The maximum atomic E-state index is 13.5. The van der Waals surface area contributed by atoms with Crippen LogP contribution in [0.3, 0.4) is 0 Å². The average Bonchev–Trinajstić information content (AvgIpc) is 2.41. The molecule has 1 fully saturated rings. The summed E-state index contributed by atoms with van der Waals surface area (Å²) in [4.78, 5) is 13.6. The minimum atomic E-state index is -0.354. The van der Waals surface area contributed by atoms with Crippen LogP contribution in [-0.2, 0) is 11.2 Å². The second-order valence-corrected chi connectivity index (χ2v) is 5.44. The Hall–Kier alpha value is -0.940. The summed E-state index contributed by atoms with van der Waals surface area (Å²) < 4.78 is 13.5. The smallest absolute Gasteiger partial charge is 0.236 e. The molecule has 1 atom stereocenters. The molecule has 1 aromatic rings. The zero-order valence-corrected chi connectivity index (χ0v) is 11.6. The lowest BCUT2D eigenvalue weighted by Crippen LogP contribution is -2.49. The molecule has 0 saturated carbocycles. The Morgan fingerprint density at radius 2 is 2.06 bits per heavy atom. The van der Waals surface area contributed by atoms with Gasteiger partial charge in [-0.3, -0.25) is 4.79 Å². The summed E-state index contributed by atoms with van der Waals surface area (Å²) in [7, 11) is 0. The van der Waals surface area contributed by atoms with Gasteiger partial charge in [-0.1, -0.05) is 34.1 Å². The number of nitrogens with zero attached hydrogens (tertiary/aromatic N) is 1. The number of amides is 1. The molecule has 1 heterocycles. The van der Waals surface area contributed by atoms with Gasteiger partial charge in [0.25, 0.3) is 0 Å². The summed E-state index contributed by atoms with van der Waals surface area (Å²) in [5.41, 5.74) is 0.572. The molecular formula is C13H16BrFN2O. The molecule has 5 heteroatoms. The van der Waals surface area contributed by atoms with Gasteiger partial charge in [-0.25, -0.2) is 4.39 Å². The van der Waals surface area contributed by atoms with Crippen LogP contribution in [-0.4, -0.2) is 41.8 Å². The molecule has 1 aliphatic rings. The van der Waals surface area contributed by atoms with E-state index in [9.17, 15) is 9.18 Å². The zero-order chi connectivity index (χ0) is 13.0. The van der Waals surface area contributed by atoms with Crippen molar-refractivity contribution in [2.45, 2.75) is 11.2 Å². The molecule has 2 rings (SSSR count). The maximum absolute atomic E-state index is 13.5. The fourth-order valence-corrected chi connectivity index (χ4v) is 2.67. The van der Waals surface area contributed by atoms with E-state index >= 15 is 0 Å². The lowest BCUT2D eigenvalue weighted by molar-refractivity contribution is -0.131. The second kappa shape index (κ2) is 6.29. The van der Waals surface area contributed by atoms with Crippen LogP contribution in [0.2, 0.25) is 0 Å². The molecule has 1 unspecified atom stereocenters. The van der Waals surface area contributed by atoms with Crippen molar-refractivity contribution in [2.75, 3.05) is 26.2 Å². The van der Waals surface area contributed by atoms with Crippen molar-refractivity contribution >= 4 is 21.8 Å². The van der Waals surface area contributed by atoms with E-state index in [-0.39, 0.29) is 16.6 Å². The molecule has 1 amide bonds. The standard InChI is InChI=1S/C13H16BrFN2O/c14-11(9-10-3-1-2-4-12(10)15)13(18)17-7-5-16-6-8-17/h1-4,11,16H,5-9H2. The van der Waals surface area contributed by atoms with Gasteiger partial charge in [-0.05, 0) is 18.1 Å². The van der Waals surface area contributed by atoms with Gasteiger partial charge in [-0.2, -0.15) is 0 Å². The van der Waals surface area contributed by atoms with Crippen LogP contribution in [0, 0.1) is 5.82 Å². The van der Waals surface area contributed by atoms with Gasteiger partial charge in [0.2, 0.25) is 5.91 Å². The third kappa shape index (κ3) is 3.29. The Morgan fingerprint density at radius 1 is 1.39 bits per heavy atom. The van der Waals surface area contributed by atoms with Crippen molar-refractivity contribution in [3.05, 3.63) is 35.6 Å². The highest BCUT2D eigenvalue weighted by molar-refractivity contribution is 9.10. The van der Waals surface area contributed by atoms with Crippen LogP contribution in [0.1, 0.15) is 5.56 Å². The van der Waals surface area contributed by atoms with Crippen LogP contribution in [0.25, 0.3) is 0 Å². The van der Waals surface area contributed by atoms with Gasteiger partial charge in [-0.15, -0.1) is 0 Å². The Kier molecular flexibility index (Phi) is 4.72. The fraction of sp³-hybridized carbons (Fsp3) is 0.462. The lowest BCUT2D eigenvalue weighted by Gasteiger charge is -2.29. The van der Waals surface area contributed by atoms with Crippen molar-refractivity contribution < 1.29 is 9.18 Å². The van der Waals surface area contributed by atoms with E-state index in [2.05, 4.69) is 21.2 Å². The van der Waals surface area contributed by atoms with Crippen LogP contribution in [0.4, 0.5) is 4.39 Å². The number of alkyl halides is 1. The van der Waals surface area contributed by atoms with Gasteiger partial charge >= 0.3 is 0 Å². The number of hydrogen-bond acceptors (Lipinski definition) is 2. The molecule has 0 radical (unpaired) electrons. The van der Waals surface area contributed by atoms with Crippen LogP contribution in [0.5, 0.6) is 0 Å². The van der Waals surface area contributed by atoms with Crippen molar-refractivity contribution in [3.63, 3.8) is 0 Å². The summed E-state index contributed by atoms with van der Waals surface area (Å²) in [5.74, 6) is -0.213. The summed E-state index contributed by atoms with van der Waals surface area (Å²) in [6, 6.07) is 6.58. The highest BCUT2D eigenvalue weighted by Gasteiger charge is 2.24. The van der Waals surface area contributed by atoms with E-state index in [1.54, 1.807) is 18.2 Å². The maximum Gasteiger partial charge on any atom is 0.236 e. The normalized spacial score (nSPS) is 17.6. The number of carbonyl (C=O) groups is 1. The Morgan fingerprint density at radius 3 is 2.72 bits per heavy atom. The van der Waals surface area contributed by atoms with E-state index in [1.807, 2.05) is 4.90 Å². The topological polar surface area (TPSA) is 32.3 Å². The fourth-order valence-electron chi connectivity index (χ4n) is 2.03. The largest absolute Gasteiger partial charge is 0.339 e. The van der Waals surface area contributed by atoms with Crippen LogP contribution < -0.4 is 5.32 Å². The molecule has 98 valence electrons. The van der Waals surface area contributed by atoms with Gasteiger partial charge in [0.05, 0.1) is 4.83 Å². The van der Waals surface area contributed by atoms with E-state index < -0.39 is 0 Å². The number of hydrogen-bond donors (Lipinski definition) is 1. The number of benzene rings is 1. The first-order valence-electron chi connectivity index (χ1n) is 6.05. The van der Waals surface area contributed by atoms with Gasteiger partial charge < -0.3 is 10.2 Å². The first-order valence-corrected chi connectivity index (χ1v) is 6.97. The molecule has 1 aliphatic heterocycles. The van der Waals surface area contributed by atoms with Gasteiger partial charge in [0, 0.05) is 26.2 Å². The Balaban J connectivity index is 1.96. The third-order valence-corrected chi connectivity index (χ3v) is 3.77. The van der Waals surface area contributed by atoms with Crippen molar-refractivity contribution in [2.24, 2.45) is 0 Å². The highest BCUT2D eigenvalue weighted by atomic mass is 79.9. The number of rotatable bonds is 3. The lowest BCUT2D eigenvalue weighted by atomic mass is 10.1. The minimum absolute atomic E-state index is 0.0414. The molecule has 0 bridgehead atoms. The van der Waals surface area contributed by atoms with Crippen molar-refractivity contribution in [3.8, 4) is 0 Å². The van der Waals surface area contributed by atoms with Crippen molar-refractivity contribution in [1.29, 1.82) is 0 Å². The molecule has 1 aromatic carbocycles. The number of halogens is 2. The molecule has 0 spiro atoms. The number of nitrogens with one attached hydrogen (secondary N) is 1. The quantitative estimate of drug-likeness (QED) is 0.859. The first-order chi connectivity index (χ1) is 8.68. The summed E-state index contributed by atoms with van der Waals surface area (Å²) in [5, 5.41) is 3.20. The summed E-state index contributed by atoms with van der Waals surface area (Å²) in [6.45, 7) is 3.09. The van der Waals surface area contributed by atoms with Crippen LogP contribution in [0.15, 0.2) is 24.3 Å². The molecule has 1 saturated heterocycles.